The number of hydrogen-bond acceptors (Lipinski definition) is 5. The Morgan fingerprint density at radius 1 is 1.68 bits per heavy atom. The van der Waals surface area contributed by atoms with E-state index in [1.54, 1.807) is 17.7 Å². The maximum absolute atomic E-state index is 11.5. The molecule has 0 radical (unpaired) electrons. The van der Waals surface area contributed by atoms with E-state index in [1.165, 1.54) is 11.3 Å². The van der Waals surface area contributed by atoms with E-state index in [4.69, 9.17) is 4.74 Å². The van der Waals surface area contributed by atoms with Gasteiger partial charge in [0, 0.05) is 31.3 Å². The summed E-state index contributed by atoms with van der Waals surface area (Å²) >= 11 is 1.44. The minimum Gasteiger partial charge on any atom is -0.476 e. The number of hydrogen-bond donors (Lipinski definition) is 1. The number of ether oxygens (including phenoxy) is 1. The van der Waals surface area contributed by atoms with Crippen molar-refractivity contribution in [1.29, 1.82) is 0 Å². The summed E-state index contributed by atoms with van der Waals surface area (Å²) in [6.45, 7) is 1.24. The van der Waals surface area contributed by atoms with Crippen LogP contribution in [-0.2, 0) is 4.74 Å². The van der Waals surface area contributed by atoms with Gasteiger partial charge in [0.2, 0.25) is 0 Å². The molecule has 19 heavy (non-hydrogen) atoms. The van der Waals surface area contributed by atoms with Crippen molar-refractivity contribution in [1.82, 2.24) is 9.38 Å². The highest BCUT2D eigenvalue weighted by Gasteiger charge is 2.34. The Balaban J connectivity index is 2.03. The number of thiazole rings is 1. The highest BCUT2D eigenvalue weighted by atomic mass is 32.1. The van der Waals surface area contributed by atoms with Crippen LogP contribution in [-0.4, -0.2) is 46.8 Å². The molecular formula is C12H15N3O3S. The third-order valence-corrected chi connectivity index (χ3v) is 4.00. The predicted octanol–water partition coefficient (Wildman–Crippen LogP) is 1.71. The number of anilines is 1. The average Bonchev–Trinajstić information content (AvgIpc) is 2.98. The number of carboxylic acid groups (broad SMARTS) is 1. The van der Waals surface area contributed by atoms with E-state index in [1.807, 2.05) is 5.38 Å². The van der Waals surface area contributed by atoms with E-state index in [0.717, 1.165) is 17.8 Å². The van der Waals surface area contributed by atoms with Crippen LogP contribution in [0.5, 0.6) is 0 Å². The largest absolute Gasteiger partial charge is 0.476 e. The maximum atomic E-state index is 11.5. The predicted molar refractivity (Wildman–Crippen MR) is 72.3 cm³/mol. The first-order valence-electron chi connectivity index (χ1n) is 6.16. The van der Waals surface area contributed by atoms with Gasteiger partial charge < -0.3 is 14.7 Å². The Morgan fingerprint density at radius 2 is 2.47 bits per heavy atom. The van der Waals surface area contributed by atoms with Gasteiger partial charge in [0.15, 0.2) is 16.5 Å². The topological polar surface area (TPSA) is 67.1 Å². The van der Waals surface area contributed by atoms with E-state index in [-0.39, 0.29) is 5.69 Å². The Bertz CT molecular complexity index is 602. The number of methoxy groups -OCH3 is 1. The molecule has 102 valence electrons. The van der Waals surface area contributed by atoms with Crippen LogP contribution in [0.3, 0.4) is 0 Å². The molecule has 1 N–H and O–H groups in total. The molecule has 0 saturated heterocycles. The van der Waals surface area contributed by atoms with Gasteiger partial charge >= 0.3 is 5.97 Å². The van der Waals surface area contributed by atoms with Gasteiger partial charge in [-0.2, -0.15) is 0 Å². The highest BCUT2D eigenvalue weighted by molar-refractivity contribution is 7.15. The maximum Gasteiger partial charge on any atom is 0.356 e. The summed E-state index contributed by atoms with van der Waals surface area (Å²) in [5.74, 6) is -0.372. The minimum absolute atomic E-state index is 0.249. The van der Waals surface area contributed by atoms with Gasteiger partial charge in [0.05, 0.1) is 6.61 Å². The van der Waals surface area contributed by atoms with Crippen molar-refractivity contribution >= 4 is 28.1 Å². The second-order valence-electron chi connectivity index (χ2n) is 4.56. The fourth-order valence-electron chi connectivity index (χ4n) is 2.21. The number of aromatic carboxylic acids is 1. The van der Waals surface area contributed by atoms with Crippen molar-refractivity contribution in [2.24, 2.45) is 0 Å². The van der Waals surface area contributed by atoms with Crippen LogP contribution in [0.2, 0.25) is 0 Å². The standard InChI is InChI=1S/C12H15N3O3S/c1-18-6-4-14(8-2-3-8)10-9(11(16)17)15-5-7-19-12(15)13-10/h5,7-8H,2-4,6H2,1H3,(H,16,17). The molecule has 2 aromatic heterocycles. The smallest absolute Gasteiger partial charge is 0.356 e. The van der Waals surface area contributed by atoms with Gasteiger partial charge in [0.1, 0.15) is 0 Å². The quantitative estimate of drug-likeness (QED) is 0.873. The van der Waals surface area contributed by atoms with Crippen LogP contribution >= 0.6 is 11.3 Å². The normalized spacial score (nSPS) is 15.0. The van der Waals surface area contributed by atoms with Gasteiger partial charge in [-0.3, -0.25) is 4.40 Å². The summed E-state index contributed by atoms with van der Waals surface area (Å²) in [5, 5.41) is 11.3. The van der Waals surface area contributed by atoms with Crippen molar-refractivity contribution in [2.45, 2.75) is 18.9 Å². The molecule has 1 saturated carbocycles. The number of fused-ring (bicyclic) bond motifs is 1. The lowest BCUT2D eigenvalue weighted by Gasteiger charge is -2.22. The molecular weight excluding hydrogens is 266 g/mol. The van der Waals surface area contributed by atoms with Gasteiger partial charge in [0.25, 0.3) is 0 Å². The molecule has 7 heteroatoms. The van der Waals surface area contributed by atoms with E-state index < -0.39 is 5.97 Å². The fraction of sp³-hybridized carbons (Fsp3) is 0.500. The molecule has 3 rings (SSSR count). The summed E-state index contributed by atoms with van der Waals surface area (Å²) < 4.78 is 6.75. The van der Waals surface area contributed by atoms with Crippen molar-refractivity contribution in [3.8, 4) is 0 Å². The Hall–Kier alpha value is -1.60. The molecule has 6 nitrogen and oxygen atoms in total. The third kappa shape index (κ3) is 2.19. The molecule has 2 heterocycles. The molecule has 0 spiro atoms. The lowest BCUT2D eigenvalue weighted by molar-refractivity contribution is 0.0690. The van der Waals surface area contributed by atoms with Crippen LogP contribution in [0, 0.1) is 0 Å². The molecule has 0 amide bonds. The van der Waals surface area contributed by atoms with Crippen molar-refractivity contribution in [3.05, 3.63) is 17.3 Å². The fourth-order valence-corrected chi connectivity index (χ4v) is 2.92. The van der Waals surface area contributed by atoms with Crippen molar-refractivity contribution < 1.29 is 14.6 Å². The Morgan fingerprint density at radius 3 is 3.11 bits per heavy atom. The van der Waals surface area contributed by atoms with Crippen LogP contribution in [0.1, 0.15) is 23.3 Å². The zero-order valence-electron chi connectivity index (χ0n) is 10.6. The van der Waals surface area contributed by atoms with Gasteiger partial charge in [-0.05, 0) is 12.8 Å². The molecule has 0 aliphatic heterocycles. The molecule has 1 aliphatic rings. The van der Waals surface area contributed by atoms with E-state index >= 15 is 0 Å². The van der Waals surface area contributed by atoms with Crippen LogP contribution in [0.25, 0.3) is 4.96 Å². The molecule has 0 bridgehead atoms. The first-order valence-corrected chi connectivity index (χ1v) is 7.04. The summed E-state index contributed by atoms with van der Waals surface area (Å²) in [4.78, 5) is 18.8. The SMILES string of the molecule is COCCN(c1nc2sccn2c1C(=O)O)C1CC1. The minimum atomic E-state index is -0.941. The Kier molecular flexibility index (Phi) is 3.16. The first kappa shape index (κ1) is 12.4. The van der Waals surface area contributed by atoms with Crippen LogP contribution in [0.4, 0.5) is 5.82 Å². The second kappa shape index (κ2) is 4.82. The second-order valence-corrected chi connectivity index (χ2v) is 5.44. The van der Waals surface area contributed by atoms with E-state index in [0.29, 0.717) is 25.0 Å². The highest BCUT2D eigenvalue weighted by Crippen LogP contribution is 2.34. The number of nitrogens with zero attached hydrogens (tertiary/aromatic N) is 3. The van der Waals surface area contributed by atoms with Gasteiger partial charge in [-0.15, -0.1) is 11.3 Å². The zero-order valence-corrected chi connectivity index (χ0v) is 11.4. The monoisotopic (exact) mass is 281 g/mol. The molecule has 0 aromatic carbocycles. The zero-order chi connectivity index (χ0) is 13.4. The van der Waals surface area contributed by atoms with Crippen molar-refractivity contribution in [2.75, 3.05) is 25.2 Å². The molecule has 0 unspecified atom stereocenters. The number of rotatable bonds is 6. The molecule has 2 aromatic rings. The first-order chi connectivity index (χ1) is 9.22. The molecule has 1 fully saturated rings. The molecule has 0 atom stereocenters. The van der Waals surface area contributed by atoms with Crippen molar-refractivity contribution in [3.63, 3.8) is 0 Å². The van der Waals surface area contributed by atoms with Gasteiger partial charge in [-0.1, -0.05) is 0 Å². The summed E-state index contributed by atoms with van der Waals surface area (Å²) in [6, 6.07) is 0.401. The lowest BCUT2D eigenvalue weighted by atomic mass is 10.3. The number of imidazole rings is 1. The van der Waals surface area contributed by atoms with Crippen LogP contribution in [0.15, 0.2) is 11.6 Å². The third-order valence-electron chi connectivity index (χ3n) is 3.24. The summed E-state index contributed by atoms with van der Waals surface area (Å²) in [6.07, 6.45) is 3.93. The van der Waals surface area contributed by atoms with Crippen LogP contribution < -0.4 is 4.90 Å². The summed E-state index contributed by atoms with van der Waals surface area (Å²) in [5.41, 5.74) is 0.249. The number of carboxylic acids is 1. The summed E-state index contributed by atoms with van der Waals surface area (Å²) in [7, 11) is 1.65. The Labute approximate surface area is 114 Å². The average molecular weight is 281 g/mol. The number of carbonyl (C=O) groups is 1. The van der Waals surface area contributed by atoms with E-state index in [2.05, 4.69) is 9.88 Å². The van der Waals surface area contributed by atoms with Gasteiger partial charge in [-0.25, -0.2) is 9.78 Å². The lowest BCUT2D eigenvalue weighted by Crippen LogP contribution is -2.31. The van der Waals surface area contributed by atoms with E-state index in [9.17, 15) is 9.90 Å². The number of aromatic nitrogens is 2. The molecule has 1 aliphatic carbocycles.